The van der Waals surface area contributed by atoms with E-state index in [0.717, 1.165) is 31.6 Å². The molecule has 8 unspecified atom stereocenters. The Morgan fingerprint density at radius 2 is 1.68 bits per heavy atom. The second-order valence-electron chi connectivity index (χ2n) is 14.1. The van der Waals surface area contributed by atoms with E-state index in [9.17, 15) is 9.90 Å². The Morgan fingerprint density at radius 1 is 0.971 bits per heavy atom. The standard InChI is InChI=1S/C31H52O3/c1-20(10-9-11-21(2)27(33)34-8)22-14-18-31(7)24-12-13-25-28(3,4)26(32)16-17-29(25,5)23(24)15-19-30(22,31)6/h20-22,25-26,32H,9-19H2,1-8H3. The molecule has 3 nitrogen and oxygen atoms in total. The molecule has 0 aromatic heterocycles. The van der Waals surface area contributed by atoms with Crippen molar-refractivity contribution in [2.45, 2.75) is 125 Å². The Bertz CT molecular complexity index is 827. The van der Waals surface area contributed by atoms with Gasteiger partial charge in [0.15, 0.2) is 0 Å². The van der Waals surface area contributed by atoms with Crippen LogP contribution in [0.2, 0.25) is 0 Å². The fraction of sp³-hybridized carbons (Fsp3) is 0.903. The van der Waals surface area contributed by atoms with Crippen LogP contribution in [0.25, 0.3) is 0 Å². The van der Waals surface area contributed by atoms with Gasteiger partial charge in [-0.1, -0.05) is 72.5 Å². The molecule has 1 N–H and O–H groups in total. The number of esters is 1. The van der Waals surface area contributed by atoms with Gasteiger partial charge >= 0.3 is 5.97 Å². The molecule has 0 aliphatic heterocycles. The first-order valence-electron chi connectivity index (χ1n) is 14.3. The quantitative estimate of drug-likeness (QED) is 0.318. The number of hydrogen-bond donors (Lipinski definition) is 1. The molecule has 0 amide bonds. The van der Waals surface area contributed by atoms with Crippen LogP contribution in [0.5, 0.6) is 0 Å². The van der Waals surface area contributed by atoms with Crippen LogP contribution in [0.3, 0.4) is 0 Å². The van der Waals surface area contributed by atoms with Crippen LogP contribution < -0.4 is 0 Å². The minimum atomic E-state index is -0.157. The minimum absolute atomic E-state index is 0.0122. The van der Waals surface area contributed by atoms with Gasteiger partial charge in [-0.25, -0.2) is 0 Å². The Morgan fingerprint density at radius 3 is 2.35 bits per heavy atom. The third kappa shape index (κ3) is 3.73. The number of aliphatic hydroxyl groups is 1. The first-order chi connectivity index (χ1) is 15.8. The van der Waals surface area contributed by atoms with Gasteiger partial charge in [0.25, 0.3) is 0 Å². The average molecular weight is 473 g/mol. The van der Waals surface area contributed by atoms with Gasteiger partial charge in [0.1, 0.15) is 0 Å². The van der Waals surface area contributed by atoms with Crippen molar-refractivity contribution < 1.29 is 14.6 Å². The van der Waals surface area contributed by atoms with E-state index >= 15 is 0 Å². The van der Waals surface area contributed by atoms with Crippen molar-refractivity contribution >= 4 is 5.97 Å². The van der Waals surface area contributed by atoms with Crippen LogP contribution in [0.1, 0.15) is 119 Å². The summed E-state index contributed by atoms with van der Waals surface area (Å²) in [5.41, 5.74) is 4.64. The van der Waals surface area contributed by atoms with Gasteiger partial charge in [0, 0.05) is 0 Å². The first-order valence-corrected chi connectivity index (χ1v) is 14.3. The van der Waals surface area contributed by atoms with Crippen molar-refractivity contribution in [1.29, 1.82) is 0 Å². The molecule has 0 aromatic carbocycles. The summed E-state index contributed by atoms with van der Waals surface area (Å²) in [5, 5.41) is 10.8. The Balaban J connectivity index is 1.54. The van der Waals surface area contributed by atoms with Crippen LogP contribution in [0.15, 0.2) is 11.1 Å². The van der Waals surface area contributed by atoms with E-state index < -0.39 is 0 Å². The van der Waals surface area contributed by atoms with Crippen LogP contribution in [0.4, 0.5) is 0 Å². The lowest BCUT2D eigenvalue weighted by atomic mass is 9.43. The van der Waals surface area contributed by atoms with Crippen molar-refractivity contribution in [2.24, 2.45) is 45.3 Å². The molecule has 0 saturated heterocycles. The van der Waals surface area contributed by atoms with Crippen LogP contribution in [-0.2, 0) is 9.53 Å². The summed E-state index contributed by atoms with van der Waals surface area (Å²) in [7, 11) is 1.50. The third-order valence-corrected chi connectivity index (χ3v) is 12.4. The van der Waals surface area contributed by atoms with Crippen LogP contribution >= 0.6 is 0 Å². The number of ether oxygens (including phenoxy) is 1. The van der Waals surface area contributed by atoms with Crippen LogP contribution in [0, 0.1) is 45.3 Å². The normalized spacial score (nSPS) is 42.9. The van der Waals surface area contributed by atoms with Gasteiger partial charge in [-0.3, -0.25) is 4.79 Å². The van der Waals surface area contributed by atoms with E-state index in [4.69, 9.17) is 4.74 Å². The Hall–Kier alpha value is -0.830. The SMILES string of the molecule is COC(=O)C(C)CCCC(C)C1CCC2(C)C3=C(CCC12C)C1(C)CCC(O)C(C)(C)C1CC3. The molecular formula is C31H52O3. The molecule has 0 aromatic rings. The Labute approximate surface area is 209 Å². The summed E-state index contributed by atoms with van der Waals surface area (Å²) in [5.74, 6) is 2.02. The number of allylic oxidation sites excluding steroid dienone is 2. The molecule has 4 aliphatic rings. The molecule has 4 rings (SSSR count). The number of hydrogen-bond acceptors (Lipinski definition) is 3. The van der Waals surface area contributed by atoms with Crippen LogP contribution in [-0.4, -0.2) is 24.3 Å². The molecule has 4 aliphatic carbocycles. The summed E-state index contributed by atoms with van der Waals surface area (Å²) in [6, 6.07) is 0. The van der Waals surface area contributed by atoms with E-state index in [1.807, 2.05) is 18.1 Å². The molecule has 34 heavy (non-hydrogen) atoms. The maximum Gasteiger partial charge on any atom is 0.308 e. The van der Waals surface area contributed by atoms with Crippen molar-refractivity contribution in [3.8, 4) is 0 Å². The molecular weight excluding hydrogens is 420 g/mol. The fourth-order valence-electron chi connectivity index (χ4n) is 9.90. The number of carbonyl (C=O) groups excluding carboxylic acids is 1. The molecule has 0 heterocycles. The summed E-state index contributed by atoms with van der Waals surface area (Å²) in [4.78, 5) is 11.8. The molecule has 3 heteroatoms. The van der Waals surface area contributed by atoms with E-state index in [1.54, 1.807) is 0 Å². The lowest BCUT2D eigenvalue weighted by molar-refractivity contribution is -0.145. The van der Waals surface area contributed by atoms with Crippen molar-refractivity contribution in [3.05, 3.63) is 11.1 Å². The van der Waals surface area contributed by atoms with E-state index in [2.05, 4.69) is 41.5 Å². The molecule has 0 bridgehead atoms. The molecule has 0 spiro atoms. The van der Waals surface area contributed by atoms with Gasteiger partial charge in [0.05, 0.1) is 19.1 Å². The van der Waals surface area contributed by atoms with E-state index in [1.165, 1.54) is 52.1 Å². The fourth-order valence-corrected chi connectivity index (χ4v) is 9.90. The number of aliphatic hydroxyl groups excluding tert-OH is 1. The van der Waals surface area contributed by atoms with Gasteiger partial charge < -0.3 is 9.84 Å². The molecule has 8 atom stereocenters. The third-order valence-electron chi connectivity index (χ3n) is 12.4. The maximum absolute atomic E-state index is 11.8. The van der Waals surface area contributed by atoms with Gasteiger partial charge in [-0.2, -0.15) is 0 Å². The van der Waals surface area contributed by atoms with Crippen molar-refractivity contribution in [1.82, 2.24) is 0 Å². The summed E-state index contributed by atoms with van der Waals surface area (Å²) < 4.78 is 4.93. The zero-order chi connectivity index (χ0) is 25.1. The number of fused-ring (bicyclic) bond motifs is 4. The second-order valence-corrected chi connectivity index (χ2v) is 14.1. The van der Waals surface area contributed by atoms with Crippen molar-refractivity contribution in [2.75, 3.05) is 7.11 Å². The second kappa shape index (κ2) is 8.93. The highest BCUT2D eigenvalue weighted by molar-refractivity contribution is 5.71. The highest BCUT2D eigenvalue weighted by Crippen LogP contribution is 2.72. The molecule has 2 saturated carbocycles. The monoisotopic (exact) mass is 472 g/mol. The largest absolute Gasteiger partial charge is 0.469 e. The van der Waals surface area contributed by atoms with Gasteiger partial charge in [-0.05, 0) is 97.2 Å². The molecule has 194 valence electrons. The summed E-state index contributed by atoms with van der Waals surface area (Å²) in [6.07, 6.45) is 13.0. The summed E-state index contributed by atoms with van der Waals surface area (Å²) in [6.45, 7) is 17.0. The number of carbonyl (C=O) groups is 1. The highest BCUT2D eigenvalue weighted by atomic mass is 16.5. The predicted molar refractivity (Wildman–Crippen MR) is 139 cm³/mol. The molecule has 2 fully saturated rings. The van der Waals surface area contributed by atoms with E-state index in [-0.39, 0.29) is 28.8 Å². The topological polar surface area (TPSA) is 46.5 Å². The van der Waals surface area contributed by atoms with Gasteiger partial charge in [-0.15, -0.1) is 0 Å². The predicted octanol–water partition coefficient (Wildman–Crippen LogP) is 7.71. The number of methoxy groups -OCH3 is 1. The smallest absolute Gasteiger partial charge is 0.308 e. The molecule has 0 radical (unpaired) electrons. The average Bonchev–Trinajstić information content (AvgIpc) is 3.07. The summed E-state index contributed by atoms with van der Waals surface area (Å²) >= 11 is 0. The lowest BCUT2D eigenvalue weighted by Crippen LogP contribution is -2.55. The zero-order valence-corrected chi connectivity index (χ0v) is 23.4. The Kier molecular flexibility index (Phi) is 6.89. The highest BCUT2D eigenvalue weighted by Gasteiger charge is 2.63. The zero-order valence-electron chi connectivity index (χ0n) is 23.4. The van der Waals surface area contributed by atoms with Crippen molar-refractivity contribution in [3.63, 3.8) is 0 Å². The van der Waals surface area contributed by atoms with E-state index in [0.29, 0.717) is 22.7 Å². The lowest BCUT2D eigenvalue weighted by Gasteiger charge is -2.62. The maximum atomic E-state index is 11.8. The minimum Gasteiger partial charge on any atom is -0.469 e. The van der Waals surface area contributed by atoms with Gasteiger partial charge in [0.2, 0.25) is 0 Å². The first kappa shape index (κ1) is 26.2. The number of rotatable bonds is 6.